The van der Waals surface area contributed by atoms with E-state index in [2.05, 4.69) is 31.9 Å². The van der Waals surface area contributed by atoms with E-state index in [0.717, 1.165) is 39.1 Å². The Morgan fingerprint density at radius 3 is 2.59 bits per heavy atom. The summed E-state index contributed by atoms with van der Waals surface area (Å²) in [6, 6.07) is 1.88. The summed E-state index contributed by atoms with van der Waals surface area (Å²) < 4.78 is 1.87. The van der Waals surface area contributed by atoms with Crippen molar-refractivity contribution in [2.75, 3.05) is 19.0 Å². The Morgan fingerprint density at radius 2 is 2.12 bits per heavy atom. The SMILES string of the molecule is O=C(c1cc(Br)sc1Br)N1CCC(CCl)CC1. The van der Waals surface area contributed by atoms with Gasteiger partial charge < -0.3 is 4.90 Å². The second kappa shape index (κ2) is 6.04. The molecule has 0 aliphatic carbocycles. The molecule has 1 fully saturated rings. The Hall–Kier alpha value is 0.420. The van der Waals surface area contributed by atoms with Gasteiger partial charge in [-0.25, -0.2) is 0 Å². The van der Waals surface area contributed by atoms with Crippen molar-refractivity contribution in [3.8, 4) is 0 Å². The number of carbonyl (C=O) groups excluding carboxylic acids is 1. The molecule has 1 saturated heterocycles. The zero-order chi connectivity index (χ0) is 12.4. The number of halogens is 3. The standard InChI is InChI=1S/C11H12Br2ClNOS/c12-9-5-8(10(13)17-9)11(16)15-3-1-7(6-14)2-4-15/h5,7H,1-4,6H2. The van der Waals surface area contributed by atoms with Gasteiger partial charge in [0.05, 0.1) is 13.1 Å². The van der Waals surface area contributed by atoms with Gasteiger partial charge in [0.1, 0.15) is 0 Å². The van der Waals surface area contributed by atoms with E-state index in [4.69, 9.17) is 11.6 Å². The molecule has 94 valence electrons. The van der Waals surface area contributed by atoms with Crippen molar-refractivity contribution >= 4 is 60.7 Å². The molecule has 1 amide bonds. The van der Waals surface area contributed by atoms with Gasteiger partial charge in [-0.3, -0.25) is 4.79 Å². The summed E-state index contributed by atoms with van der Waals surface area (Å²) in [7, 11) is 0. The van der Waals surface area contributed by atoms with Crippen molar-refractivity contribution in [2.45, 2.75) is 12.8 Å². The Morgan fingerprint density at radius 1 is 1.47 bits per heavy atom. The minimum atomic E-state index is 0.117. The van der Waals surface area contributed by atoms with Crippen LogP contribution in [0.25, 0.3) is 0 Å². The third kappa shape index (κ3) is 3.25. The van der Waals surface area contributed by atoms with Crippen LogP contribution >= 0.6 is 54.8 Å². The molecule has 2 heterocycles. The fraction of sp³-hybridized carbons (Fsp3) is 0.545. The largest absolute Gasteiger partial charge is 0.339 e. The van der Waals surface area contributed by atoms with Crippen molar-refractivity contribution < 1.29 is 4.79 Å². The van der Waals surface area contributed by atoms with E-state index < -0.39 is 0 Å². The smallest absolute Gasteiger partial charge is 0.255 e. The number of nitrogens with zero attached hydrogens (tertiary/aromatic N) is 1. The van der Waals surface area contributed by atoms with Crippen LogP contribution in [0.5, 0.6) is 0 Å². The fourth-order valence-corrected chi connectivity index (χ4v) is 5.03. The molecule has 6 heteroatoms. The van der Waals surface area contributed by atoms with Crippen LogP contribution in [0.15, 0.2) is 13.6 Å². The fourth-order valence-electron chi connectivity index (χ4n) is 1.95. The molecule has 1 aliphatic heterocycles. The van der Waals surface area contributed by atoms with Crippen molar-refractivity contribution in [3.05, 3.63) is 19.2 Å². The Bertz CT molecular complexity index is 416. The second-order valence-corrected chi connectivity index (χ2v) is 8.19. The summed E-state index contributed by atoms with van der Waals surface area (Å²) in [5.74, 6) is 1.39. The highest BCUT2D eigenvalue weighted by Crippen LogP contribution is 2.33. The molecular weight excluding hydrogens is 389 g/mol. The van der Waals surface area contributed by atoms with Gasteiger partial charge >= 0.3 is 0 Å². The van der Waals surface area contributed by atoms with Crippen LogP contribution in [0.4, 0.5) is 0 Å². The maximum absolute atomic E-state index is 12.3. The highest BCUT2D eigenvalue weighted by Gasteiger charge is 2.25. The van der Waals surface area contributed by atoms with Crippen LogP contribution in [-0.4, -0.2) is 29.8 Å². The van der Waals surface area contributed by atoms with Crippen LogP contribution in [0.1, 0.15) is 23.2 Å². The number of rotatable bonds is 2. The summed E-state index contributed by atoms with van der Waals surface area (Å²) in [5.41, 5.74) is 0.756. The minimum Gasteiger partial charge on any atom is -0.339 e. The topological polar surface area (TPSA) is 20.3 Å². The van der Waals surface area contributed by atoms with Crippen LogP contribution in [-0.2, 0) is 0 Å². The van der Waals surface area contributed by atoms with E-state index in [0.29, 0.717) is 11.8 Å². The van der Waals surface area contributed by atoms with E-state index in [1.54, 1.807) is 0 Å². The number of amides is 1. The summed E-state index contributed by atoms with van der Waals surface area (Å²) in [6.45, 7) is 1.63. The van der Waals surface area contributed by atoms with Crippen LogP contribution in [0, 0.1) is 5.92 Å². The lowest BCUT2D eigenvalue weighted by atomic mass is 9.98. The lowest BCUT2D eigenvalue weighted by Gasteiger charge is -2.31. The lowest BCUT2D eigenvalue weighted by molar-refractivity contribution is 0.0698. The average Bonchev–Trinajstić information content (AvgIpc) is 2.68. The van der Waals surface area contributed by atoms with Crippen molar-refractivity contribution in [2.24, 2.45) is 5.92 Å². The maximum Gasteiger partial charge on any atom is 0.255 e. The van der Waals surface area contributed by atoms with Crippen molar-refractivity contribution in [1.82, 2.24) is 4.90 Å². The zero-order valence-electron chi connectivity index (χ0n) is 9.09. The van der Waals surface area contributed by atoms with Gasteiger partial charge in [-0.1, -0.05) is 0 Å². The van der Waals surface area contributed by atoms with Crippen LogP contribution in [0.3, 0.4) is 0 Å². The number of alkyl halides is 1. The molecule has 0 aromatic carbocycles. The second-order valence-electron chi connectivity index (χ2n) is 4.13. The quantitative estimate of drug-likeness (QED) is 0.674. The molecule has 0 atom stereocenters. The van der Waals surface area contributed by atoms with E-state index in [-0.39, 0.29) is 5.91 Å². The Kier molecular flexibility index (Phi) is 4.92. The van der Waals surface area contributed by atoms with Gasteiger partial charge in [-0.15, -0.1) is 22.9 Å². The average molecular weight is 402 g/mol. The monoisotopic (exact) mass is 399 g/mol. The lowest BCUT2D eigenvalue weighted by Crippen LogP contribution is -2.38. The van der Waals surface area contributed by atoms with Gasteiger partial charge in [0.25, 0.3) is 5.91 Å². The molecule has 1 aliphatic rings. The molecule has 1 aromatic rings. The minimum absolute atomic E-state index is 0.117. The van der Waals surface area contributed by atoms with Crippen molar-refractivity contribution in [1.29, 1.82) is 0 Å². The van der Waals surface area contributed by atoms with Gasteiger partial charge in [0.15, 0.2) is 0 Å². The molecule has 0 bridgehead atoms. The predicted molar refractivity (Wildman–Crippen MR) is 79.1 cm³/mol. The first-order valence-electron chi connectivity index (χ1n) is 5.42. The summed E-state index contributed by atoms with van der Waals surface area (Å²) >= 11 is 14.2. The van der Waals surface area contributed by atoms with E-state index in [1.807, 2.05) is 11.0 Å². The van der Waals surface area contributed by atoms with E-state index in [1.165, 1.54) is 11.3 Å². The summed E-state index contributed by atoms with van der Waals surface area (Å²) in [4.78, 5) is 14.2. The van der Waals surface area contributed by atoms with Gasteiger partial charge in [-0.05, 0) is 56.7 Å². The number of hydrogen-bond acceptors (Lipinski definition) is 2. The normalized spacial score (nSPS) is 17.5. The molecule has 0 radical (unpaired) electrons. The van der Waals surface area contributed by atoms with Crippen molar-refractivity contribution in [3.63, 3.8) is 0 Å². The number of hydrogen-bond donors (Lipinski definition) is 0. The molecule has 0 saturated carbocycles. The predicted octanol–water partition coefficient (Wildman–Crippen LogP) is 4.36. The third-order valence-corrected chi connectivity index (χ3v) is 5.78. The molecule has 2 nitrogen and oxygen atoms in total. The first-order chi connectivity index (χ1) is 8.11. The molecule has 1 aromatic heterocycles. The van der Waals surface area contributed by atoms with Gasteiger partial charge in [0.2, 0.25) is 0 Å². The summed E-state index contributed by atoms with van der Waals surface area (Å²) in [5, 5.41) is 0. The first kappa shape index (κ1) is 13.8. The molecule has 2 rings (SSSR count). The molecule has 0 unspecified atom stereocenters. The summed E-state index contributed by atoms with van der Waals surface area (Å²) in [6.07, 6.45) is 2.02. The number of likely N-dealkylation sites (tertiary alicyclic amines) is 1. The number of carbonyl (C=O) groups is 1. The molecule has 0 N–H and O–H groups in total. The van der Waals surface area contributed by atoms with Crippen LogP contribution in [0.2, 0.25) is 0 Å². The highest BCUT2D eigenvalue weighted by atomic mass is 79.9. The van der Waals surface area contributed by atoms with E-state index >= 15 is 0 Å². The maximum atomic E-state index is 12.3. The zero-order valence-corrected chi connectivity index (χ0v) is 13.8. The van der Waals surface area contributed by atoms with Gasteiger partial charge in [-0.2, -0.15) is 0 Å². The Labute approximate surface area is 127 Å². The Balaban J connectivity index is 2.04. The van der Waals surface area contributed by atoms with Gasteiger partial charge in [0, 0.05) is 19.0 Å². The third-order valence-electron chi connectivity index (χ3n) is 3.01. The molecule has 0 spiro atoms. The highest BCUT2D eigenvalue weighted by molar-refractivity contribution is 9.12. The molecule has 17 heavy (non-hydrogen) atoms. The molecular formula is C11H12Br2ClNOS. The first-order valence-corrected chi connectivity index (χ1v) is 8.35. The van der Waals surface area contributed by atoms with Crippen LogP contribution < -0.4 is 0 Å². The van der Waals surface area contributed by atoms with E-state index in [9.17, 15) is 4.79 Å². The number of piperidine rings is 1. The number of thiophene rings is 1.